The summed E-state index contributed by atoms with van der Waals surface area (Å²) in [5.41, 5.74) is -0.128. The minimum atomic E-state index is -0.648. The Bertz CT molecular complexity index is 434. The van der Waals surface area contributed by atoms with Crippen LogP contribution in [0.3, 0.4) is 0 Å². The Kier molecular flexibility index (Phi) is 4.01. The van der Waals surface area contributed by atoms with Crippen LogP contribution in [0, 0.1) is 5.82 Å². The molecule has 0 aliphatic rings. The van der Waals surface area contributed by atoms with Crippen LogP contribution in [0.15, 0.2) is 18.2 Å². The summed E-state index contributed by atoms with van der Waals surface area (Å²) < 4.78 is 13.3. The van der Waals surface area contributed by atoms with E-state index in [1.807, 2.05) is 0 Å². The molecule has 0 aliphatic heterocycles. The van der Waals surface area contributed by atoms with Crippen LogP contribution in [0.25, 0.3) is 0 Å². The minimum absolute atomic E-state index is 0.0508. The van der Waals surface area contributed by atoms with Crippen LogP contribution in [0.1, 0.15) is 17.3 Å². The fourth-order valence-electron chi connectivity index (χ4n) is 1.27. The molecule has 0 atom stereocenters. The van der Waals surface area contributed by atoms with Crippen LogP contribution >= 0.6 is 11.6 Å². The van der Waals surface area contributed by atoms with Gasteiger partial charge >= 0.3 is 0 Å². The molecular formula is C11H11ClFNO2. The van der Waals surface area contributed by atoms with E-state index in [4.69, 9.17) is 11.6 Å². The monoisotopic (exact) mass is 243 g/mol. The van der Waals surface area contributed by atoms with Crippen LogP contribution in [0.4, 0.5) is 4.39 Å². The number of benzene rings is 1. The van der Waals surface area contributed by atoms with Crippen LogP contribution in [0.2, 0.25) is 5.02 Å². The third-order valence-corrected chi connectivity index (χ3v) is 2.20. The van der Waals surface area contributed by atoms with Crippen LogP contribution < -0.4 is 0 Å². The van der Waals surface area contributed by atoms with Crippen molar-refractivity contribution in [3.63, 3.8) is 0 Å². The maximum Gasteiger partial charge on any atom is 0.257 e. The molecule has 0 unspecified atom stereocenters. The molecule has 3 nitrogen and oxygen atoms in total. The van der Waals surface area contributed by atoms with Gasteiger partial charge in [0.05, 0.1) is 12.1 Å². The van der Waals surface area contributed by atoms with Gasteiger partial charge in [0.2, 0.25) is 0 Å². The lowest BCUT2D eigenvalue weighted by molar-refractivity contribution is -0.117. The van der Waals surface area contributed by atoms with Gasteiger partial charge in [-0.2, -0.15) is 0 Å². The zero-order chi connectivity index (χ0) is 12.3. The molecule has 0 N–H and O–H groups in total. The Hall–Kier alpha value is -1.42. The molecule has 1 aromatic rings. The Morgan fingerprint density at radius 3 is 2.62 bits per heavy atom. The van der Waals surface area contributed by atoms with Crippen molar-refractivity contribution >= 4 is 23.3 Å². The summed E-state index contributed by atoms with van der Waals surface area (Å²) >= 11 is 5.67. The van der Waals surface area contributed by atoms with E-state index in [1.54, 1.807) is 0 Å². The topological polar surface area (TPSA) is 37.4 Å². The summed E-state index contributed by atoms with van der Waals surface area (Å²) in [6.45, 7) is 1.31. The number of nitrogens with zero attached hydrogens (tertiary/aromatic N) is 1. The first kappa shape index (κ1) is 12.6. The molecule has 5 heteroatoms. The molecule has 86 valence electrons. The van der Waals surface area contributed by atoms with Gasteiger partial charge in [-0.3, -0.25) is 9.59 Å². The molecule has 0 aliphatic carbocycles. The zero-order valence-corrected chi connectivity index (χ0v) is 9.71. The molecule has 0 radical (unpaired) electrons. The molecule has 0 saturated carbocycles. The Labute approximate surface area is 97.8 Å². The standard InChI is InChI=1S/C11H11ClFNO2/c1-7(15)6-14(2)11(16)9-5-8(12)3-4-10(9)13/h3-5H,6H2,1-2H3. The summed E-state index contributed by atoms with van der Waals surface area (Å²) in [4.78, 5) is 23.7. The van der Waals surface area contributed by atoms with Crippen LogP contribution in [0.5, 0.6) is 0 Å². The van der Waals surface area contributed by atoms with E-state index in [9.17, 15) is 14.0 Å². The third-order valence-electron chi connectivity index (χ3n) is 1.97. The van der Waals surface area contributed by atoms with E-state index < -0.39 is 11.7 Å². The van der Waals surface area contributed by atoms with E-state index in [2.05, 4.69) is 0 Å². The number of carbonyl (C=O) groups is 2. The summed E-state index contributed by atoms with van der Waals surface area (Å²) in [6, 6.07) is 3.73. The van der Waals surface area contributed by atoms with Crippen molar-refractivity contribution in [3.05, 3.63) is 34.6 Å². The lowest BCUT2D eigenvalue weighted by atomic mass is 10.2. The molecular weight excluding hydrogens is 233 g/mol. The second-order valence-corrected chi connectivity index (χ2v) is 3.92. The summed E-state index contributed by atoms with van der Waals surface area (Å²) in [5, 5.41) is 0.279. The summed E-state index contributed by atoms with van der Waals surface area (Å²) in [7, 11) is 1.43. The Morgan fingerprint density at radius 2 is 2.06 bits per heavy atom. The van der Waals surface area contributed by atoms with Crippen molar-refractivity contribution in [1.29, 1.82) is 0 Å². The molecule has 0 fully saturated rings. The molecule has 0 spiro atoms. The first-order valence-corrected chi connectivity index (χ1v) is 4.99. The highest BCUT2D eigenvalue weighted by Crippen LogP contribution is 2.16. The maximum atomic E-state index is 13.3. The molecule has 1 aromatic carbocycles. The number of rotatable bonds is 3. The van der Waals surface area contributed by atoms with Crippen molar-refractivity contribution in [2.75, 3.05) is 13.6 Å². The number of amides is 1. The highest BCUT2D eigenvalue weighted by molar-refractivity contribution is 6.31. The lowest BCUT2D eigenvalue weighted by Gasteiger charge is -2.15. The molecule has 1 amide bonds. The van der Waals surface area contributed by atoms with Gasteiger partial charge in [0, 0.05) is 12.1 Å². The highest BCUT2D eigenvalue weighted by atomic mass is 35.5. The maximum absolute atomic E-state index is 13.3. The lowest BCUT2D eigenvalue weighted by Crippen LogP contribution is -2.31. The number of halogens is 2. The molecule has 1 rings (SSSR count). The average molecular weight is 244 g/mol. The Balaban J connectivity index is 2.95. The summed E-state index contributed by atoms with van der Waals surface area (Å²) in [6.07, 6.45) is 0. The SMILES string of the molecule is CC(=O)CN(C)C(=O)c1cc(Cl)ccc1F. The predicted molar refractivity (Wildman–Crippen MR) is 59.1 cm³/mol. The number of hydrogen-bond donors (Lipinski definition) is 0. The number of likely N-dealkylation sites (N-methyl/N-ethyl adjacent to an activating group) is 1. The zero-order valence-electron chi connectivity index (χ0n) is 8.96. The largest absolute Gasteiger partial charge is 0.334 e. The number of ketones is 1. The van der Waals surface area contributed by atoms with Gasteiger partial charge in [-0.1, -0.05) is 11.6 Å². The quantitative estimate of drug-likeness (QED) is 0.816. The highest BCUT2D eigenvalue weighted by Gasteiger charge is 2.17. The van der Waals surface area contributed by atoms with Crippen molar-refractivity contribution < 1.29 is 14.0 Å². The second kappa shape index (κ2) is 5.07. The Morgan fingerprint density at radius 1 is 1.44 bits per heavy atom. The average Bonchev–Trinajstić information content (AvgIpc) is 2.19. The number of carbonyl (C=O) groups excluding carboxylic acids is 2. The van der Waals surface area contributed by atoms with E-state index in [0.29, 0.717) is 0 Å². The summed E-state index contributed by atoms with van der Waals surface area (Å²) in [5.74, 6) is -1.38. The first-order valence-electron chi connectivity index (χ1n) is 4.61. The fourth-order valence-corrected chi connectivity index (χ4v) is 1.44. The number of Topliss-reactive ketones (excluding diaryl/α,β-unsaturated/α-hetero) is 1. The van der Waals surface area contributed by atoms with Gasteiger partial charge in [0.1, 0.15) is 11.6 Å². The van der Waals surface area contributed by atoms with Crippen molar-refractivity contribution in [2.24, 2.45) is 0 Å². The van der Waals surface area contributed by atoms with Crippen molar-refractivity contribution in [3.8, 4) is 0 Å². The molecule has 0 heterocycles. The van der Waals surface area contributed by atoms with Crippen molar-refractivity contribution in [1.82, 2.24) is 4.90 Å². The predicted octanol–water partition coefficient (Wildman–Crippen LogP) is 2.14. The second-order valence-electron chi connectivity index (χ2n) is 3.49. The molecule has 0 aromatic heterocycles. The van der Waals surface area contributed by atoms with E-state index in [1.165, 1.54) is 26.1 Å². The number of hydrogen-bond acceptors (Lipinski definition) is 2. The van der Waals surface area contributed by atoms with Gasteiger partial charge in [-0.15, -0.1) is 0 Å². The third kappa shape index (κ3) is 3.03. The van der Waals surface area contributed by atoms with E-state index in [0.717, 1.165) is 11.0 Å². The van der Waals surface area contributed by atoms with Gasteiger partial charge in [0.15, 0.2) is 0 Å². The first-order chi connectivity index (χ1) is 7.41. The fraction of sp³-hybridized carbons (Fsp3) is 0.273. The van der Waals surface area contributed by atoms with Gasteiger partial charge in [-0.05, 0) is 25.1 Å². The van der Waals surface area contributed by atoms with E-state index in [-0.39, 0.29) is 22.9 Å². The van der Waals surface area contributed by atoms with Crippen LogP contribution in [-0.4, -0.2) is 30.2 Å². The van der Waals surface area contributed by atoms with Gasteiger partial charge < -0.3 is 4.90 Å². The van der Waals surface area contributed by atoms with Crippen molar-refractivity contribution in [2.45, 2.75) is 6.92 Å². The normalized spacial score (nSPS) is 10.0. The van der Waals surface area contributed by atoms with Gasteiger partial charge in [-0.25, -0.2) is 4.39 Å². The van der Waals surface area contributed by atoms with Gasteiger partial charge in [0.25, 0.3) is 5.91 Å². The molecule has 16 heavy (non-hydrogen) atoms. The van der Waals surface area contributed by atoms with Crippen LogP contribution in [-0.2, 0) is 4.79 Å². The smallest absolute Gasteiger partial charge is 0.257 e. The minimum Gasteiger partial charge on any atom is -0.334 e. The molecule has 0 saturated heterocycles. The van der Waals surface area contributed by atoms with E-state index >= 15 is 0 Å². The molecule has 0 bridgehead atoms.